The number of halogens is 3. The van der Waals surface area contributed by atoms with Crippen LogP contribution in [0, 0.1) is 0 Å². The van der Waals surface area contributed by atoms with Gasteiger partial charge in [0, 0.05) is 17.8 Å². The van der Waals surface area contributed by atoms with Crippen LogP contribution in [0.25, 0.3) is 17.2 Å². The molecule has 0 unspecified atom stereocenters. The maximum absolute atomic E-state index is 12.9. The van der Waals surface area contributed by atoms with Gasteiger partial charge in [-0.2, -0.15) is 18.3 Å². The molecule has 30 heavy (non-hydrogen) atoms. The van der Waals surface area contributed by atoms with E-state index in [1.807, 2.05) is 56.3 Å². The van der Waals surface area contributed by atoms with Gasteiger partial charge >= 0.3 is 6.18 Å². The largest absolute Gasteiger partial charge is 0.435 e. The molecule has 0 saturated carbocycles. The van der Waals surface area contributed by atoms with Crippen LogP contribution in [-0.4, -0.2) is 24.7 Å². The van der Waals surface area contributed by atoms with Crippen molar-refractivity contribution >= 4 is 0 Å². The molecule has 0 fully saturated rings. The van der Waals surface area contributed by atoms with Crippen LogP contribution in [0.5, 0.6) is 0 Å². The van der Waals surface area contributed by atoms with Gasteiger partial charge in [0.05, 0.1) is 22.8 Å². The number of nitrogens with zero attached hydrogens (tertiary/aromatic N) is 5. The number of hydrogen-bond donors (Lipinski definition) is 0. The van der Waals surface area contributed by atoms with Gasteiger partial charge in [0.2, 0.25) is 0 Å². The van der Waals surface area contributed by atoms with Crippen LogP contribution in [0.15, 0.2) is 73.1 Å². The normalized spacial score (nSPS) is 12.2. The minimum atomic E-state index is -4.50. The van der Waals surface area contributed by atoms with Crippen molar-refractivity contribution in [3.63, 3.8) is 0 Å². The summed E-state index contributed by atoms with van der Waals surface area (Å²) in [6, 6.07) is 17.4. The van der Waals surface area contributed by atoms with Gasteiger partial charge in [-0.25, -0.2) is 9.67 Å². The van der Waals surface area contributed by atoms with Gasteiger partial charge in [-0.05, 0) is 56.3 Å². The van der Waals surface area contributed by atoms with E-state index in [1.54, 1.807) is 18.3 Å². The van der Waals surface area contributed by atoms with Crippen molar-refractivity contribution in [1.29, 1.82) is 0 Å². The Kier molecular flexibility index (Phi) is 4.85. The van der Waals surface area contributed by atoms with Gasteiger partial charge in [0.15, 0.2) is 11.5 Å². The molecule has 0 N–H and O–H groups in total. The zero-order valence-corrected chi connectivity index (χ0v) is 16.3. The maximum atomic E-state index is 12.9. The molecule has 0 aliphatic heterocycles. The van der Waals surface area contributed by atoms with Crippen LogP contribution in [-0.2, 0) is 11.6 Å². The predicted octanol–water partition coefficient (Wildman–Crippen LogP) is 5.07. The summed E-state index contributed by atoms with van der Waals surface area (Å²) < 4.78 is 39.8. The average molecular weight is 409 g/mol. The molecule has 4 heterocycles. The zero-order valence-electron chi connectivity index (χ0n) is 16.3. The molecule has 0 aliphatic carbocycles. The summed E-state index contributed by atoms with van der Waals surface area (Å²) >= 11 is 0. The summed E-state index contributed by atoms with van der Waals surface area (Å²) in [5, 5.41) is 3.61. The molecule has 0 radical (unpaired) electrons. The van der Waals surface area contributed by atoms with Crippen LogP contribution in [0.1, 0.15) is 30.9 Å². The lowest BCUT2D eigenvalue weighted by atomic mass is 9.84. The molecule has 0 saturated heterocycles. The molecule has 8 heteroatoms. The summed E-state index contributed by atoms with van der Waals surface area (Å²) in [5.74, 6) is 0.303. The zero-order chi connectivity index (χ0) is 21.4. The third-order valence-electron chi connectivity index (χ3n) is 4.81. The summed E-state index contributed by atoms with van der Waals surface area (Å²) in [7, 11) is 0. The fourth-order valence-electron chi connectivity index (χ4n) is 3.07. The van der Waals surface area contributed by atoms with Gasteiger partial charge < -0.3 is 0 Å². The first-order valence-electron chi connectivity index (χ1n) is 9.25. The highest BCUT2D eigenvalue weighted by Crippen LogP contribution is 2.31. The fraction of sp³-hybridized carbons (Fsp3) is 0.182. The smallest absolute Gasteiger partial charge is 0.255 e. The monoisotopic (exact) mass is 409 g/mol. The molecular weight excluding hydrogens is 391 g/mol. The van der Waals surface area contributed by atoms with E-state index < -0.39 is 17.3 Å². The number of pyridine rings is 3. The molecule has 4 aromatic rings. The van der Waals surface area contributed by atoms with E-state index in [9.17, 15) is 13.2 Å². The highest BCUT2D eigenvalue weighted by molar-refractivity contribution is 5.54. The minimum Gasteiger partial charge on any atom is -0.255 e. The van der Waals surface area contributed by atoms with Crippen molar-refractivity contribution in [2.24, 2.45) is 0 Å². The minimum absolute atomic E-state index is 0.303. The third-order valence-corrected chi connectivity index (χ3v) is 4.81. The average Bonchev–Trinajstić information content (AvgIpc) is 3.26. The molecule has 152 valence electrons. The molecule has 0 bridgehead atoms. The second kappa shape index (κ2) is 7.37. The topological polar surface area (TPSA) is 56.5 Å². The second-order valence-electron chi connectivity index (χ2n) is 7.27. The van der Waals surface area contributed by atoms with Crippen LogP contribution in [0.4, 0.5) is 13.2 Å². The van der Waals surface area contributed by atoms with E-state index in [4.69, 9.17) is 4.98 Å². The van der Waals surface area contributed by atoms with E-state index in [0.29, 0.717) is 11.5 Å². The molecular formula is C22H18F3N5. The SMILES string of the molecule is CC(C)(c1cccc(-c2ccccn2)n1)c1cccc(-n2ccc(C(F)(F)F)n2)n1. The first kappa shape index (κ1) is 19.8. The van der Waals surface area contributed by atoms with Crippen molar-refractivity contribution in [1.82, 2.24) is 24.7 Å². The molecule has 0 amide bonds. The van der Waals surface area contributed by atoms with Crippen LogP contribution in [0.3, 0.4) is 0 Å². The van der Waals surface area contributed by atoms with E-state index in [2.05, 4.69) is 15.1 Å². The fourth-order valence-corrected chi connectivity index (χ4v) is 3.07. The maximum Gasteiger partial charge on any atom is 0.435 e. The van der Waals surface area contributed by atoms with Crippen LogP contribution < -0.4 is 0 Å². The van der Waals surface area contributed by atoms with Crippen LogP contribution >= 0.6 is 0 Å². The molecule has 0 aliphatic rings. The third kappa shape index (κ3) is 3.80. The van der Waals surface area contributed by atoms with Crippen LogP contribution in [0.2, 0.25) is 0 Å². The van der Waals surface area contributed by atoms with Gasteiger partial charge in [0.1, 0.15) is 0 Å². The first-order valence-corrected chi connectivity index (χ1v) is 9.25. The molecule has 0 spiro atoms. The van der Waals surface area contributed by atoms with E-state index in [0.717, 1.165) is 27.8 Å². The van der Waals surface area contributed by atoms with Gasteiger partial charge in [0.25, 0.3) is 0 Å². The summed E-state index contributed by atoms with van der Waals surface area (Å²) in [5.41, 5.74) is 1.37. The number of rotatable bonds is 4. The van der Waals surface area contributed by atoms with Gasteiger partial charge in [-0.1, -0.05) is 18.2 Å². The Balaban J connectivity index is 1.70. The van der Waals surface area contributed by atoms with Gasteiger partial charge in [-0.3, -0.25) is 9.97 Å². The summed E-state index contributed by atoms with van der Waals surface area (Å²) in [4.78, 5) is 13.7. The Morgan fingerprint density at radius 1 is 0.733 bits per heavy atom. The van der Waals surface area contributed by atoms with Crippen molar-refractivity contribution in [2.45, 2.75) is 25.4 Å². The predicted molar refractivity (Wildman–Crippen MR) is 106 cm³/mol. The molecule has 5 nitrogen and oxygen atoms in total. The van der Waals surface area contributed by atoms with Crippen molar-refractivity contribution in [2.75, 3.05) is 0 Å². The van der Waals surface area contributed by atoms with Crippen molar-refractivity contribution < 1.29 is 13.2 Å². The lowest BCUT2D eigenvalue weighted by molar-refractivity contribution is -0.141. The molecule has 4 aromatic heterocycles. The molecule has 4 rings (SSSR count). The quantitative estimate of drug-likeness (QED) is 0.472. The van der Waals surface area contributed by atoms with Crippen molar-refractivity contribution in [3.8, 4) is 17.2 Å². The number of hydrogen-bond acceptors (Lipinski definition) is 4. The second-order valence-corrected chi connectivity index (χ2v) is 7.27. The molecule has 0 aromatic carbocycles. The van der Waals surface area contributed by atoms with Gasteiger partial charge in [-0.15, -0.1) is 0 Å². The van der Waals surface area contributed by atoms with E-state index in [-0.39, 0.29) is 0 Å². The Morgan fingerprint density at radius 3 is 2.10 bits per heavy atom. The highest BCUT2D eigenvalue weighted by Gasteiger charge is 2.34. The lowest BCUT2D eigenvalue weighted by Gasteiger charge is -2.24. The number of alkyl halides is 3. The summed E-state index contributed by atoms with van der Waals surface area (Å²) in [6.07, 6.45) is -1.54. The number of aromatic nitrogens is 5. The Hall–Kier alpha value is -3.55. The summed E-state index contributed by atoms with van der Waals surface area (Å²) in [6.45, 7) is 3.93. The standard InChI is InChI=1S/C22H18F3N5/c1-21(2,17-9-5-8-16(27-17)15-7-3-4-13-26-15)18-10-6-11-20(28-18)30-14-12-19(29-30)22(23,24)25/h3-14H,1-2H3. The highest BCUT2D eigenvalue weighted by atomic mass is 19.4. The molecule has 0 atom stereocenters. The Labute approximate surface area is 171 Å². The van der Waals surface area contributed by atoms with E-state index in [1.165, 1.54) is 6.20 Å². The lowest BCUT2D eigenvalue weighted by Crippen LogP contribution is -2.23. The van der Waals surface area contributed by atoms with Crippen molar-refractivity contribution in [3.05, 3.63) is 90.1 Å². The van der Waals surface area contributed by atoms with E-state index >= 15 is 0 Å². The first-order chi connectivity index (χ1) is 14.2. The Bertz CT molecular complexity index is 1170. The Morgan fingerprint density at radius 2 is 1.43 bits per heavy atom.